The molecule has 4 bridgehead atoms. The van der Waals surface area contributed by atoms with Crippen LogP contribution in [0.1, 0.15) is 119 Å². The van der Waals surface area contributed by atoms with Crippen LogP contribution in [0.25, 0.3) is 0 Å². The van der Waals surface area contributed by atoms with Crippen LogP contribution < -0.4 is 0 Å². The van der Waals surface area contributed by atoms with Crippen molar-refractivity contribution < 1.29 is 38.1 Å². The van der Waals surface area contributed by atoms with Crippen molar-refractivity contribution in [2.24, 2.45) is 27.1 Å². The third-order valence-corrected chi connectivity index (χ3v) is 13.3. The minimum atomic E-state index is -1.28. The Hall–Kier alpha value is -2.12. The average Bonchev–Trinajstić information content (AvgIpc) is 3.35. The van der Waals surface area contributed by atoms with E-state index in [2.05, 4.69) is 0 Å². The van der Waals surface area contributed by atoms with Crippen molar-refractivity contribution in [2.45, 2.75) is 142 Å². The van der Waals surface area contributed by atoms with Crippen molar-refractivity contribution in [3.63, 3.8) is 0 Å². The third kappa shape index (κ3) is 2.96. The Kier molecular flexibility index (Phi) is 5.55. The van der Waals surface area contributed by atoms with Crippen LogP contribution in [0.15, 0.2) is 0 Å². The van der Waals surface area contributed by atoms with Crippen LogP contribution in [-0.4, -0.2) is 47.3 Å². The molecule has 4 aliphatic carbocycles. The van der Waals surface area contributed by atoms with Gasteiger partial charge in [-0.15, -0.1) is 0 Å². The lowest BCUT2D eigenvalue weighted by molar-refractivity contribution is -0.215. The van der Waals surface area contributed by atoms with E-state index < -0.39 is 62.4 Å². The molecule has 0 unspecified atom stereocenters. The molecule has 0 aromatic heterocycles. The first kappa shape index (κ1) is 27.1. The minimum absolute atomic E-state index is 0.324. The summed E-state index contributed by atoms with van der Waals surface area (Å²) < 4.78 is 24.5. The number of esters is 4. The maximum absolute atomic E-state index is 14.0. The van der Waals surface area contributed by atoms with E-state index in [9.17, 15) is 19.2 Å². The fourth-order valence-electron chi connectivity index (χ4n) is 9.32. The van der Waals surface area contributed by atoms with E-state index in [0.29, 0.717) is 38.5 Å². The molecular formula is C31H44O8. The van der Waals surface area contributed by atoms with Crippen LogP contribution in [0.2, 0.25) is 0 Å². The molecule has 0 amide bonds. The van der Waals surface area contributed by atoms with E-state index in [0.717, 1.165) is 38.5 Å². The predicted molar refractivity (Wildman–Crippen MR) is 139 cm³/mol. The van der Waals surface area contributed by atoms with Gasteiger partial charge in [-0.05, 0) is 78.1 Å². The van der Waals surface area contributed by atoms with E-state index in [-0.39, 0.29) is 11.9 Å². The molecule has 2 heterocycles. The topological polar surface area (TPSA) is 105 Å². The van der Waals surface area contributed by atoms with E-state index in [1.807, 2.05) is 41.5 Å². The molecule has 2 aliphatic heterocycles. The summed E-state index contributed by atoms with van der Waals surface area (Å²) in [4.78, 5) is 53.5. The smallest absolute Gasteiger partial charge is 0.351 e. The van der Waals surface area contributed by atoms with Crippen LogP contribution >= 0.6 is 0 Å². The van der Waals surface area contributed by atoms with Gasteiger partial charge in [0, 0.05) is 16.2 Å². The van der Waals surface area contributed by atoms with Crippen molar-refractivity contribution in [1.29, 1.82) is 0 Å². The SMILES string of the molecule is CC1(C)[C@@]2(C)CC[C@]1(C(=O)O[C@H]1CCCCC13CCCC[C@@H]3OC(=O)[C@@]13CC[C@@](C)(C(=O)O1)C3(C)C)OC2=O. The Bertz CT molecular complexity index is 1050. The summed E-state index contributed by atoms with van der Waals surface area (Å²) in [6, 6.07) is 0. The lowest BCUT2D eigenvalue weighted by atomic mass is 9.61. The molecule has 6 aliphatic rings. The first-order valence-corrected chi connectivity index (χ1v) is 15.0. The number of ether oxygens (including phenoxy) is 4. The summed E-state index contributed by atoms with van der Waals surface area (Å²) in [5.74, 6) is -1.56. The number of rotatable bonds is 4. The van der Waals surface area contributed by atoms with Gasteiger partial charge >= 0.3 is 23.9 Å². The highest BCUT2D eigenvalue weighted by Gasteiger charge is 2.78. The molecule has 1 spiro atoms. The molecule has 0 N–H and O–H groups in total. The number of hydrogen-bond donors (Lipinski definition) is 0. The highest BCUT2D eigenvalue weighted by Crippen LogP contribution is 2.67. The molecule has 39 heavy (non-hydrogen) atoms. The Balaban J connectivity index is 1.27. The third-order valence-electron chi connectivity index (χ3n) is 13.3. The Morgan fingerprint density at radius 2 is 1.00 bits per heavy atom. The van der Waals surface area contributed by atoms with Crippen LogP contribution in [0, 0.1) is 27.1 Å². The summed E-state index contributed by atoms with van der Waals surface area (Å²) in [5, 5.41) is 0. The molecule has 0 aromatic carbocycles. The van der Waals surface area contributed by atoms with Gasteiger partial charge in [-0.25, -0.2) is 9.59 Å². The molecule has 6 fully saturated rings. The van der Waals surface area contributed by atoms with Crippen molar-refractivity contribution in [3.8, 4) is 0 Å². The normalized spacial score (nSPS) is 44.7. The second-order valence-electron chi connectivity index (χ2n) is 14.9. The van der Waals surface area contributed by atoms with E-state index in [4.69, 9.17) is 18.9 Å². The molecule has 0 aromatic rings. The number of carbonyl (C=O) groups excluding carboxylic acids is 4. The van der Waals surface area contributed by atoms with Gasteiger partial charge < -0.3 is 18.9 Å². The fraction of sp³-hybridized carbons (Fsp3) is 0.871. The molecule has 216 valence electrons. The Morgan fingerprint density at radius 1 is 0.615 bits per heavy atom. The summed E-state index contributed by atoms with van der Waals surface area (Å²) in [7, 11) is 0. The molecule has 6 atom stereocenters. The number of carbonyl (C=O) groups is 4. The van der Waals surface area contributed by atoms with Crippen LogP contribution in [0.3, 0.4) is 0 Å². The van der Waals surface area contributed by atoms with Gasteiger partial charge in [0.15, 0.2) is 0 Å². The van der Waals surface area contributed by atoms with Crippen molar-refractivity contribution in [3.05, 3.63) is 0 Å². The Morgan fingerprint density at radius 3 is 1.31 bits per heavy atom. The zero-order valence-corrected chi connectivity index (χ0v) is 24.4. The maximum Gasteiger partial charge on any atom is 0.351 e. The minimum Gasteiger partial charge on any atom is -0.459 e. The molecule has 0 radical (unpaired) electrons. The summed E-state index contributed by atoms with van der Waals surface area (Å²) >= 11 is 0. The second kappa shape index (κ2) is 8.00. The molecule has 4 saturated carbocycles. The predicted octanol–water partition coefficient (Wildman–Crippen LogP) is 5.19. The first-order valence-electron chi connectivity index (χ1n) is 15.0. The molecule has 8 nitrogen and oxygen atoms in total. The Labute approximate surface area is 231 Å². The summed E-state index contributed by atoms with van der Waals surface area (Å²) in [6.45, 7) is 11.5. The molecule has 6 rings (SSSR count). The monoisotopic (exact) mass is 544 g/mol. The van der Waals surface area contributed by atoms with E-state index in [1.165, 1.54) is 0 Å². The van der Waals surface area contributed by atoms with E-state index >= 15 is 0 Å². The number of fused-ring (bicyclic) bond motifs is 4. The summed E-state index contributed by atoms with van der Waals surface area (Å²) in [5.41, 5.74) is -5.85. The van der Waals surface area contributed by atoms with Gasteiger partial charge in [-0.3, -0.25) is 9.59 Å². The van der Waals surface area contributed by atoms with Gasteiger partial charge in [0.2, 0.25) is 11.2 Å². The second-order valence-corrected chi connectivity index (χ2v) is 14.9. The zero-order chi connectivity index (χ0) is 28.3. The molecular weight excluding hydrogens is 500 g/mol. The molecule has 2 saturated heterocycles. The first-order chi connectivity index (χ1) is 18.1. The fourth-order valence-corrected chi connectivity index (χ4v) is 9.32. The highest BCUT2D eigenvalue weighted by molar-refractivity contribution is 5.94. The van der Waals surface area contributed by atoms with E-state index in [1.54, 1.807) is 0 Å². The van der Waals surface area contributed by atoms with Gasteiger partial charge in [0.05, 0.1) is 10.8 Å². The zero-order valence-electron chi connectivity index (χ0n) is 24.4. The van der Waals surface area contributed by atoms with Gasteiger partial charge in [-0.2, -0.15) is 0 Å². The van der Waals surface area contributed by atoms with Crippen LogP contribution in [0.5, 0.6) is 0 Å². The van der Waals surface area contributed by atoms with Gasteiger partial charge in [0.25, 0.3) is 0 Å². The van der Waals surface area contributed by atoms with Crippen LogP contribution in [0.4, 0.5) is 0 Å². The van der Waals surface area contributed by atoms with Crippen LogP contribution in [-0.2, 0) is 38.1 Å². The van der Waals surface area contributed by atoms with Crippen molar-refractivity contribution in [1.82, 2.24) is 0 Å². The maximum atomic E-state index is 14.0. The summed E-state index contributed by atoms with van der Waals surface area (Å²) in [6.07, 6.45) is 7.98. The lowest BCUT2D eigenvalue weighted by Crippen LogP contribution is -2.58. The quantitative estimate of drug-likeness (QED) is 0.352. The van der Waals surface area contributed by atoms with Crippen molar-refractivity contribution >= 4 is 23.9 Å². The number of hydrogen-bond acceptors (Lipinski definition) is 8. The average molecular weight is 545 g/mol. The lowest BCUT2D eigenvalue weighted by Gasteiger charge is -2.51. The highest BCUT2D eigenvalue weighted by atomic mass is 16.6. The van der Waals surface area contributed by atoms with Gasteiger partial charge in [-0.1, -0.05) is 40.5 Å². The van der Waals surface area contributed by atoms with Crippen molar-refractivity contribution in [2.75, 3.05) is 0 Å². The molecule has 8 heteroatoms. The largest absolute Gasteiger partial charge is 0.459 e. The standard InChI is InChI=1S/C31H44O8/c1-25(2)27(5)15-17-30(25,38-21(27)32)23(34)36-19-11-7-9-13-29(19)14-10-8-12-20(29)37-24(35)31-18-16-28(6,22(33)39-31)26(31,3)4/h19-20H,7-18H2,1-6H3/t19-,20-,27-,28-,29?,30+,31+/m0/s1. The van der Waals surface area contributed by atoms with Gasteiger partial charge in [0.1, 0.15) is 12.2 Å².